The summed E-state index contributed by atoms with van der Waals surface area (Å²) < 4.78 is 0. The van der Waals surface area contributed by atoms with Crippen LogP contribution >= 0.6 is 11.8 Å². The van der Waals surface area contributed by atoms with Crippen LogP contribution in [0.1, 0.15) is 25.7 Å². The van der Waals surface area contributed by atoms with Gasteiger partial charge in [0, 0.05) is 22.9 Å². The molecule has 1 aliphatic rings. The monoisotopic (exact) mass is 207 g/mol. The molecule has 0 heterocycles. The van der Waals surface area contributed by atoms with E-state index in [1.165, 1.54) is 36.3 Å². The van der Waals surface area contributed by atoms with Crippen LogP contribution in [0.5, 0.6) is 0 Å². The quantitative estimate of drug-likeness (QED) is 0.810. The second-order valence-corrected chi connectivity index (χ2v) is 5.17. The number of anilines is 1. The Morgan fingerprint density at radius 3 is 2.36 bits per heavy atom. The van der Waals surface area contributed by atoms with Crippen molar-refractivity contribution < 1.29 is 0 Å². The molecule has 0 bridgehead atoms. The zero-order valence-corrected chi connectivity index (χ0v) is 9.44. The lowest BCUT2D eigenvalue weighted by atomic mass is 10.3. The second kappa shape index (κ2) is 4.74. The van der Waals surface area contributed by atoms with Crippen LogP contribution in [0.4, 0.5) is 5.69 Å². The average Bonchev–Trinajstić information content (AvgIpc) is 2.72. The first-order valence-corrected chi connectivity index (χ1v) is 6.21. The number of thioether (sulfide) groups is 1. The Bertz CT molecular complexity index is 275. The van der Waals surface area contributed by atoms with E-state index in [1.807, 2.05) is 18.8 Å². The Balaban J connectivity index is 1.95. The first kappa shape index (κ1) is 9.91. The fourth-order valence-electron chi connectivity index (χ4n) is 1.90. The maximum absolute atomic E-state index is 3.14. The smallest absolute Gasteiger partial charge is 0.0338 e. The molecule has 0 atom stereocenters. The van der Waals surface area contributed by atoms with Crippen molar-refractivity contribution in [3.8, 4) is 0 Å². The van der Waals surface area contributed by atoms with Gasteiger partial charge in [-0.15, -0.1) is 11.8 Å². The lowest BCUT2D eigenvalue weighted by Crippen LogP contribution is -1.93. The van der Waals surface area contributed by atoms with Gasteiger partial charge in [0.1, 0.15) is 0 Å². The van der Waals surface area contributed by atoms with Crippen LogP contribution in [0.2, 0.25) is 0 Å². The van der Waals surface area contributed by atoms with E-state index in [0.717, 1.165) is 5.25 Å². The van der Waals surface area contributed by atoms with Gasteiger partial charge in [-0.25, -0.2) is 0 Å². The number of nitrogens with one attached hydrogen (secondary N) is 1. The predicted molar refractivity (Wildman–Crippen MR) is 64.1 cm³/mol. The van der Waals surface area contributed by atoms with Crippen LogP contribution in [0.3, 0.4) is 0 Å². The molecule has 0 spiro atoms. The van der Waals surface area contributed by atoms with Gasteiger partial charge in [0.15, 0.2) is 0 Å². The standard InChI is InChI=1S/C12H17NS/c1-13-10-6-8-12(9-7-10)14-11-4-2-3-5-11/h6-9,11,13H,2-5H2,1H3. The molecule has 1 aromatic rings. The first-order chi connectivity index (χ1) is 6.88. The summed E-state index contributed by atoms with van der Waals surface area (Å²) in [5.74, 6) is 0. The van der Waals surface area contributed by atoms with E-state index in [4.69, 9.17) is 0 Å². The Labute approximate surface area is 90.3 Å². The van der Waals surface area contributed by atoms with E-state index in [2.05, 4.69) is 29.6 Å². The van der Waals surface area contributed by atoms with Gasteiger partial charge < -0.3 is 5.32 Å². The summed E-state index contributed by atoms with van der Waals surface area (Å²) in [5.41, 5.74) is 1.20. The van der Waals surface area contributed by atoms with Crippen molar-refractivity contribution in [1.82, 2.24) is 0 Å². The highest BCUT2D eigenvalue weighted by atomic mass is 32.2. The lowest BCUT2D eigenvalue weighted by molar-refractivity contribution is 0.886. The lowest BCUT2D eigenvalue weighted by Gasteiger charge is -2.08. The Morgan fingerprint density at radius 2 is 1.79 bits per heavy atom. The van der Waals surface area contributed by atoms with E-state index < -0.39 is 0 Å². The maximum Gasteiger partial charge on any atom is 0.0338 e. The number of rotatable bonds is 3. The molecule has 0 radical (unpaired) electrons. The van der Waals surface area contributed by atoms with Gasteiger partial charge in [-0.3, -0.25) is 0 Å². The maximum atomic E-state index is 3.14. The fourth-order valence-corrected chi connectivity index (χ4v) is 3.15. The summed E-state index contributed by atoms with van der Waals surface area (Å²) in [6, 6.07) is 8.73. The van der Waals surface area contributed by atoms with E-state index in [9.17, 15) is 0 Å². The molecule has 0 aromatic heterocycles. The third-order valence-electron chi connectivity index (χ3n) is 2.75. The van der Waals surface area contributed by atoms with Crippen LogP contribution in [0.25, 0.3) is 0 Å². The third-order valence-corrected chi connectivity index (χ3v) is 4.10. The van der Waals surface area contributed by atoms with Crippen LogP contribution in [-0.4, -0.2) is 12.3 Å². The molecule has 0 amide bonds. The van der Waals surface area contributed by atoms with Crippen LogP contribution in [0, 0.1) is 0 Å². The van der Waals surface area contributed by atoms with Gasteiger partial charge in [-0.2, -0.15) is 0 Å². The highest BCUT2D eigenvalue weighted by molar-refractivity contribution is 8.00. The average molecular weight is 207 g/mol. The molecule has 1 aliphatic carbocycles. The largest absolute Gasteiger partial charge is 0.388 e. The Kier molecular flexibility index (Phi) is 3.35. The van der Waals surface area contributed by atoms with Crippen LogP contribution < -0.4 is 5.32 Å². The molecular formula is C12H17NS. The number of hydrogen-bond donors (Lipinski definition) is 1. The molecule has 1 nitrogen and oxygen atoms in total. The summed E-state index contributed by atoms with van der Waals surface area (Å²) in [5, 5.41) is 4.01. The van der Waals surface area contributed by atoms with Crippen molar-refractivity contribution >= 4 is 17.4 Å². The van der Waals surface area contributed by atoms with E-state index in [1.54, 1.807) is 0 Å². The molecule has 0 unspecified atom stereocenters. The zero-order valence-electron chi connectivity index (χ0n) is 8.62. The highest BCUT2D eigenvalue weighted by Crippen LogP contribution is 2.34. The summed E-state index contributed by atoms with van der Waals surface area (Å²) >= 11 is 2.04. The van der Waals surface area contributed by atoms with E-state index >= 15 is 0 Å². The first-order valence-electron chi connectivity index (χ1n) is 5.33. The van der Waals surface area contributed by atoms with E-state index in [0.29, 0.717) is 0 Å². The van der Waals surface area contributed by atoms with Gasteiger partial charge in [-0.05, 0) is 37.1 Å². The summed E-state index contributed by atoms with van der Waals surface area (Å²) in [7, 11) is 1.96. The van der Waals surface area contributed by atoms with Crippen molar-refractivity contribution in [1.29, 1.82) is 0 Å². The van der Waals surface area contributed by atoms with Gasteiger partial charge in [0.05, 0.1) is 0 Å². The minimum Gasteiger partial charge on any atom is -0.388 e. The molecular weight excluding hydrogens is 190 g/mol. The van der Waals surface area contributed by atoms with Crippen molar-refractivity contribution in [2.24, 2.45) is 0 Å². The topological polar surface area (TPSA) is 12.0 Å². The normalized spacial score (nSPS) is 17.2. The highest BCUT2D eigenvalue weighted by Gasteiger charge is 2.15. The second-order valence-electron chi connectivity index (χ2n) is 3.80. The summed E-state index contributed by atoms with van der Waals surface area (Å²) in [6.45, 7) is 0. The Hall–Kier alpha value is -0.630. The molecule has 14 heavy (non-hydrogen) atoms. The van der Waals surface area contributed by atoms with Crippen molar-refractivity contribution in [2.75, 3.05) is 12.4 Å². The molecule has 0 aliphatic heterocycles. The molecule has 2 heteroatoms. The minimum atomic E-state index is 0.871. The van der Waals surface area contributed by atoms with Gasteiger partial charge >= 0.3 is 0 Å². The minimum absolute atomic E-state index is 0.871. The molecule has 76 valence electrons. The molecule has 1 N–H and O–H groups in total. The molecule has 1 saturated carbocycles. The fraction of sp³-hybridized carbons (Fsp3) is 0.500. The van der Waals surface area contributed by atoms with Crippen LogP contribution in [-0.2, 0) is 0 Å². The molecule has 1 aromatic carbocycles. The molecule has 2 rings (SSSR count). The van der Waals surface area contributed by atoms with Crippen molar-refractivity contribution in [2.45, 2.75) is 35.8 Å². The third kappa shape index (κ3) is 2.44. The Morgan fingerprint density at radius 1 is 1.14 bits per heavy atom. The number of benzene rings is 1. The van der Waals surface area contributed by atoms with E-state index in [-0.39, 0.29) is 0 Å². The van der Waals surface area contributed by atoms with Crippen LogP contribution in [0.15, 0.2) is 29.2 Å². The van der Waals surface area contributed by atoms with Gasteiger partial charge in [0.2, 0.25) is 0 Å². The molecule has 1 fully saturated rings. The van der Waals surface area contributed by atoms with Gasteiger partial charge in [-0.1, -0.05) is 12.8 Å². The SMILES string of the molecule is CNc1ccc(SC2CCCC2)cc1. The summed E-state index contributed by atoms with van der Waals surface area (Å²) in [6.07, 6.45) is 5.65. The summed E-state index contributed by atoms with van der Waals surface area (Å²) in [4.78, 5) is 1.41. The van der Waals surface area contributed by atoms with Crippen molar-refractivity contribution in [3.05, 3.63) is 24.3 Å². The predicted octanol–water partition coefficient (Wildman–Crippen LogP) is 3.76. The van der Waals surface area contributed by atoms with Crippen molar-refractivity contribution in [3.63, 3.8) is 0 Å². The number of hydrogen-bond acceptors (Lipinski definition) is 2. The van der Waals surface area contributed by atoms with Gasteiger partial charge in [0.25, 0.3) is 0 Å². The molecule has 0 saturated heterocycles. The zero-order chi connectivity index (χ0) is 9.80.